The Morgan fingerprint density at radius 2 is 2.00 bits per heavy atom. The van der Waals surface area contributed by atoms with Crippen molar-refractivity contribution in [3.8, 4) is 0 Å². The Labute approximate surface area is 101 Å². The van der Waals surface area contributed by atoms with Crippen LogP contribution in [0.4, 0.5) is 0 Å². The van der Waals surface area contributed by atoms with E-state index in [1.165, 1.54) is 12.8 Å². The lowest BCUT2D eigenvalue weighted by atomic mass is 9.84. The summed E-state index contributed by atoms with van der Waals surface area (Å²) in [6, 6.07) is 0. The van der Waals surface area contributed by atoms with Crippen LogP contribution in [0.5, 0.6) is 0 Å². The Morgan fingerprint density at radius 1 is 1.29 bits per heavy atom. The molecular weight excluding hydrogens is 283 g/mol. The van der Waals surface area contributed by atoms with Crippen LogP contribution in [0.1, 0.15) is 26.7 Å². The van der Waals surface area contributed by atoms with Crippen molar-refractivity contribution in [2.75, 3.05) is 0 Å². The molecule has 1 aliphatic rings. The lowest BCUT2D eigenvalue weighted by Gasteiger charge is -2.27. The Hall–Kier alpha value is -0.0500. The van der Waals surface area contributed by atoms with Crippen LogP contribution in [-0.2, 0) is 0 Å². The monoisotopic (exact) mass is 302 g/mol. The molecule has 0 aliphatic heterocycles. The van der Waals surface area contributed by atoms with Gasteiger partial charge >= 0.3 is 0 Å². The molecule has 0 nitrogen and oxygen atoms in total. The first kappa shape index (κ1) is 12.0. The van der Waals surface area contributed by atoms with Gasteiger partial charge in [0.2, 0.25) is 0 Å². The molecule has 0 aromatic heterocycles. The van der Waals surface area contributed by atoms with E-state index in [1.54, 1.807) is 0 Å². The van der Waals surface area contributed by atoms with Crippen LogP contribution in [0.3, 0.4) is 0 Å². The molecule has 0 N–H and O–H groups in total. The van der Waals surface area contributed by atoms with Gasteiger partial charge in [-0.05, 0) is 31.6 Å². The van der Waals surface area contributed by atoms with Crippen molar-refractivity contribution in [2.45, 2.75) is 30.6 Å². The lowest BCUT2D eigenvalue weighted by Crippen LogP contribution is -2.22. The van der Waals surface area contributed by atoms with Crippen molar-refractivity contribution in [2.24, 2.45) is 11.8 Å². The van der Waals surface area contributed by atoms with Gasteiger partial charge in [-0.15, -0.1) is 0 Å². The second-order valence-electron chi connectivity index (χ2n) is 3.89. The van der Waals surface area contributed by atoms with Crippen LogP contribution in [-0.4, -0.2) is 3.92 Å². The van der Waals surface area contributed by atoms with E-state index >= 15 is 0 Å². The Kier molecular flexibility index (Phi) is 5.53. The molecule has 3 atom stereocenters. The van der Waals surface area contributed by atoms with E-state index in [0.29, 0.717) is 5.92 Å². The number of halogens is 1. The molecule has 1 aliphatic carbocycles. The standard InChI is InChI=1S/C13H19I/c1-3-4-5-8-11(2)12-9-6-7-10-13(12)14/h3-8,11-13H,9-10H2,1-2H3/b4-3-,8-5-. The fraction of sp³-hybridized carbons (Fsp3) is 0.538. The zero-order valence-corrected chi connectivity index (χ0v) is 11.1. The van der Waals surface area contributed by atoms with E-state index in [0.717, 1.165) is 9.84 Å². The van der Waals surface area contributed by atoms with Crippen molar-refractivity contribution in [3.63, 3.8) is 0 Å². The third-order valence-electron chi connectivity index (χ3n) is 2.79. The normalized spacial score (nSPS) is 30.2. The first-order valence-electron chi connectivity index (χ1n) is 5.34. The van der Waals surface area contributed by atoms with Crippen LogP contribution in [0, 0.1) is 11.8 Å². The summed E-state index contributed by atoms with van der Waals surface area (Å²) in [6.45, 7) is 4.38. The maximum absolute atomic E-state index is 2.59. The molecule has 0 amide bonds. The fourth-order valence-electron chi connectivity index (χ4n) is 1.84. The lowest BCUT2D eigenvalue weighted by molar-refractivity contribution is 0.409. The minimum absolute atomic E-state index is 0.693. The maximum atomic E-state index is 2.59. The largest absolute Gasteiger partial charge is 0.0882 e. The molecule has 0 aromatic carbocycles. The molecule has 0 spiro atoms. The van der Waals surface area contributed by atoms with Crippen LogP contribution in [0.15, 0.2) is 36.5 Å². The number of hydrogen-bond acceptors (Lipinski definition) is 0. The summed E-state index contributed by atoms with van der Waals surface area (Å²) in [5, 5.41) is 0. The van der Waals surface area contributed by atoms with Gasteiger partial charge in [0, 0.05) is 3.92 Å². The Bertz CT molecular complexity index is 238. The van der Waals surface area contributed by atoms with Crippen molar-refractivity contribution in [3.05, 3.63) is 36.5 Å². The van der Waals surface area contributed by atoms with Gasteiger partial charge in [-0.1, -0.05) is 66.0 Å². The van der Waals surface area contributed by atoms with Crippen LogP contribution < -0.4 is 0 Å². The molecule has 0 aromatic rings. The molecule has 14 heavy (non-hydrogen) atoms. The molecular formula is C13H19I. The minimum atomic E-state index is 0.693. The number of allylic oxidation sites excluding steroid dienone is 6. The average molecular weight is 302 g/mol. The third kappa shape index (κ3) is 3.60. The predicted octanol–water partition coefficient (Wildman–Crippen LogP) is 4.52. The highest BCUT2D eigenvalue weighted by molar-refractivity contribution is 14.1. The van der Waals surface area contributed by atoms with Crippen molar-refractivity contribution < 1.29 is 0 Å². The molecule has 1 heteroatoms. The van der Waals surface area contributed by atoms with E-state index in [-0.39, 0.29) is 0 Å². The summed E-state index contributed by atoms with van der Waals surface area (Å²) < 4.78 is 0.808. The van der Waals surface area contributed by atoms with Crippen LogP contribution in [0.25, 0.3) is 0 Å². The Balaban J connectivity index is 2.50. The van der Waals surface area contributed by atoms with Crippen LogP contribution in [0.2, 0.25) is 0 Å². The predicted molar refractivity (Wildman–Crippen MR) is 72.8 cm³/mol. The molecule has 0 radical (unpaired) electrons. The van der Waals surface area contributed by atoms with Crippen molar-refractivity contribution >= 4 is 22.6 Å². The molecule has 0 saturated carbocycles. The van der Waals surface area contributed by atoms with E-state index in [9.17, 15) is 0 Å². The minimum Gasteiger partial charge on any atom is -0.0882 e. The highest BCUT2D eigenvalue weighted by Crippen LogP contribution is 2.32. The zero-order valence-electron chi connectivity index (χ0n) is 8.99. The Morgan fingerprint density at radius 3 is 2.64 bits per heavy atom. The molecule has 0 bridgehead atoms. The summed E-state index contributed by atoms with van der Waals surface area (Å²) in [5.41, 5.74) is 0. The summed E-state index contributed by atoms with van der Waals surface area (Å²) in [7, 11) is 0. The van der Waals surface area contributed by atoms with Crippen molar-refractivity contribution in [1.29, 1.82) is 0 Å². The summed E-state index contributed by atoms with van der Waals surface area (Å²) in [4.78, 5) is 0. The van der Waals surface area contributed by atoms with Gasteiger partial charge in [0.15, 0.2) is 0 Å². The number of alkyl halides is 1. The quantitative estimate of drug-likeness (QED) is 0.311. The second kappa shape index (κ2) is 6.44. The summed E-state index contributed by atoms with van der Waals surface area (Å²) in [5.74, 6) is 1.51. The van der Waals surface area contributed by atoms with Crippen molar-refractivity contribution in [1.82, 2.24) is 0 Å². The smallest absolute Gasteiger partial charge is 0.0181 e. The van der Waals surface area contributed by atoms with E-state index in [4.69, 9.17) is 0 Å². The van der Waals surface area contributed by atoms with Crippen LogP contribution >= 0.6 is 22.6 Å². The zero-order chi connectivity index (χ0) is 10.4. The molecule has 0 fully saturated rings. The SMILES string of the molecule is C/C=C\C=C/C(C)C1CC=CCC1I. The van der Waals surface area contributed by atoms with E-state index < -0.39 is 0 Å². The number of rotatable bonds is 3. The summed E-state index contributed by atoms with van der Waals surface area (Å²) >= 11 is 2.59. The molecule has 78 valence electrons. The van der Waals surface area contributed by atoms with Gasteiger partial charge in [-0.2, -0.15) is 0 Å². The highest BCUT2D eigenvalue weighted by atomic mass is 127. The first-order chi connectivity index (χ1) is 6.75. The average Bonchev–Trinajstić information content (AvgIpc) is 2.18. The van der Waals surface area contributed by atoms with Gasteiger partial charge < -0.3 is 0 Å². The summed E-state index contributed by atoms with van der Waals surface area (Å²) in [6.07, 6.45) is 15.8. The van der Waals surface area contributed by atoms with E-state index in [2.05, 4.69) is 72.9 Å². The van der Waals surface area contributed by atoms with Gasteiger partial charge in [-0.3, -0.25) is 0 Å². The molecule has 0 heterocycles. The second-order valence-corrected chi connectivity index (χ2v) is 5.49. The highest BCUT2D eigenvalue weighted by Gasteiger charge is 2.23. The maximum Gasteiger partial charge on any atom is 0.0181 e. The van der Waals surface area contributed by atoms with Gasteiger partial charge in [0.1, 0.15) is 0 Å². The van der Waals surface area contributed by atoms with Gasteiger partial charge in [-0.25, -0.2) is 0 Å². The van der Waals surface area contributed by atoms with E-state index in [1.807, 2.05) is 0 Å². The number of hydrogen-bond donors (Lipinski definition) is 0. The molecule has 3 unspecified atom stereocenters. The fourth-order valence-corrected chi connectivity index (χ4v) is 3.08. The molecule has 1 rings (SSSR count). The third-order valence-corrected chi connectivity index (χ3v) is 4.23. The van der Waals surface area contributed by atoms with Gasteiger partial charge in [0.25, 0.3) is 0 Å². The first-order valence-corrected chi connectivity index (χ1v) is 6.58. The van der Waals surface area contributed by atoms with Gasteiger partial charge in [0.05, 0.1) is 0 Å². The topological polar surface area (TPSA) is 0 Å². The molecule has 0 saturated heterocycles.